The average Bonchev–Trinajstić information content (AvgIpc) is 3.48. The molecular formula is C21H19ClN6O2S. The molecule has 10 heteroatoms. The molecule has 1 aromatic carbocycles. The molecule has 0 radical (unpaired) electrons. The summed E-state index contributed by atoms with van der Waals surface area (Å²) in [4.78, 5) is 7.65. The topological polar surface area (TPSA) is 99.7 Å². The highest BCUT2D eigenvalue weighted by Crippen LogP contribution is 2.39. The molecule has 0 spiro atoms. The maximum Gasteiger partial charge on any atom is 0.281 e. The van der Waals surface area contributed by atoms with Gasteiger partial charge in [-0.05, 0) is 30.2 Å². The van der Waals surface area contributed by atoms with Gasteiger partial charge in [-0.2, -0.15) is 13.5 Å². The number of hydrogen-bond donors (Lipinski definition) is 2. The summed E-state index contributed by atoms with van der Waals surface area (Å²) >= 11 is 6.32. The zero-order valence-electron chi connectivity index (χ0n) is 17.0. The summed E-state index contributed by atoms with van der Waals surface area (Å²) in [5, 5.41) is 8.72. The van der Waals surface area contributed by atoms with Crippen LogP contribution in [0.5, 0.6) is 0 Å². The molecular weight excluding hydrogens is 436 g/mol. The van der Waals surface area contributed by atoms with E-state index in [-0.39, 0.29) is 5.03 Å². The molecule has 0 fully saturated rings. The minimum atomic E-state index is -3.83. The van der Waals surface area contributed by atoms with Gasteiger partial charge in [0.15, 0.2) is 5.03 Å². The van der Waals surface area contributed by atoms with Gasteiger partial charge in [-0.15, -0.1) is 0 Å². The molecule has 4 heterocycles. The molecule has 0 aliphatic carbocycles. The number of nitrogens with zero attached hydrogens (tertiary/aromatic N) is 4. The summed E-state index contributed by atoms with van der Waals surface area (Å²) in [6, 6.07) is 7.43. The van der Waals surface area contributed by atoms with E-state index in [1.165, 1.54) is 23.6 Å². The van der Waals surface area contributed by atoms with E-state index in [0.29, 0.717) is 16.4 Å². The van der Waals surface area contributed by atoms with Crippen molar-refractivity contribution in [2.24, 2.45) is 7.05 Å². The molecule has 2 N–H and O–H groups in total. The normalized spacial score (nSPS) is 12.1. The Morgan fingerprint density at radius 2 is 2.03 bits per heavy atom. The first kappa shape index (κ1) is 19.7. The number of fused-ring (bicyclic) bond motifs is 2. The number of aromatic nitrogens is 5. The lowest BCUT2D eigenvalue weighted by Gasteiger charge is -2.22. The van der Waals surface area contributed by atoms with Crippen LogP contribution in [-0.2, 0) is 17.1 Å². The van der Waals surface area contributed by atoms with E-state index in [9.17, 15) is 8.42 Å². The standard InChI is InChI=1S/C21H19ClN6O2S/c1-12-9-23-21-19(20(12)28(3)31(29,30)18-6-7-25-26-18)15(10-24-21)13-4-5-14-16(22)11-27(2)17(14)8-13/h4-11H,1-3H3,(H,23,24)(H,25,26). The molecule has 0 bridgehead atoms. The van der Waals surface area contributed by atoms with Gasteiger partial charge in [0.1, 0.15) is 5.65 Å². The van der Waals surface area contributed by atoms with E-state index in [1.54, 1.807) is 6.20 Å². The summed E-state index contributed by atoms with van der Waals surface area (Å²) in [7, 11) is -0.349. The molecule has 0 saturated heterocycles. The first-order valence-corrected chi connectivity index (χ1v) is 11.3. The molecule has 0 aliphatic heterocycles. The Morgan fingerprint density at radius 3 is 2.77 bits per heavy atom. The molecule has 158 valence electrons. The second-order valence-electron chi connectivity index (χ2n) is 7.43. The van der Waals surface area contributed by atoms with Gasteiger partial charge in [0, 0.05) is 49.2 Å². The third kappa shape index (κ3) is 2.92. The monoisotopic (exact) mass is 454 g/mol. The fourth-order valence-corrected chi connectivity index (χ4v) is 5.44. The largest absolute Gasteiger partial charge is 0.349 e. The first-order chi connectivity index (χ1) is 14.8. The molecule has 4 aromatic heterocycles. The third-order valence-corrected chi connectivity index (χ3v) is 7.53. The van der Waals surface area contributed by atoms with Crippen LogP contribution in [0.2, 0.25) is 5.02 Å². The molecule has 0 amide bonds. The Balaban J connectivity index is 1.76. The predicted octanol–water partition coefficient (Wildman–Crippen LogP) is 4.23. The van der Waals surface area contributed by atoms with E-state index in [4.69, 9.17) is 11.6 Å². The molecule has 5 aromatic rings. The second kappa shape index (κ2) is 6.86. The van der Waals surface area contributed by atoms with Crippen molar-refractivity contribution in [3.8, 4) is 11.1 Å². The highest BCUT2D eigenvalue weighted by Gasteiger charge is 2.27. The van der Waals surface area contributed by atoms with Gasteiger partial charge in [0.05, 0.1) is 22.3 Å². The number of hydrogen-bond acceptors (Lipinski definition) is 4. The zero-order chi connectivity index (χ0) is 21.9. The molecule has 0 aliphatic rings. The average molecular weight is 455 g/mol. The van der Waals surface area contributed by atoms with E-state index in [2.05, 4.69) is 20.2 Å². The van der Waals surface area contributed by atoms with Crippen molar-refractivity contribution in [1.29, 1.82) is 0 Å². The molecule has 31 heavy (non-hydrogen) atoms. The smallest absolute Gasteiger partial charge is 0.281 e. The number of H-pyrrole nitrogens is 2. The van der Waals surface area contributed by atoms with E-state index >= 15 is 0 Å². The minimum absolute atomic E-state index is 0.0244. The van der Waals surface area contributed by atoms with Crippen molar-refractivity contribution in [3.05, 3.63) is 59.6 Å². The van der Waals surface area contributed by atoms with E-state index in [0.717, 1.165) is 33.0 Å². The summed E-state index contributed by atoms with van der Waals surface area (Å²) in [6.45, 7) is 1.84. The Kier molecular flexibility index (Phi) is 4.35. The summed E-state index contributed by atoms with van der Waals surface area (Å²) in [5.74, 6) is 0. The fourth-order valence-electron chi connectivity index (χ4n) is 3.96. The van der Waals surface area contributed by atoms with Crippen LogP contribution >= 0.6 is 11.6 Å². The highest BCUT2D eigenvalue weighted by atomic mass is 35.5. The van der Waals surface area contributed by atoms with Crippen molar-refractivity contribution >= 4 is 49.2 Å². The number of benzene rings is 1. The van der Waals surface area contributed by atoms with Crippen LogP contribution < -0.4 is 4.31 Å². The lowest BCUT2D eigenvalue weighted by molar-refractivity contribution is 0.590. The fraction of sp³-hybridized carbons (Fsp3) is 0.143. The lowest BCUT2D eigenvalue weighted by Crippen LogP contribution is -2.28. The van der Waals surface area contributed by atoms with Crippen molar-refractivity contribution < 1.29 is 8.42 Å². The van der Waals surface area contributed by atoms with Gasteiger partial charge in [-0.25, -0.2) is 4.98 Å². The van der Waals surface area contributed by atoms with Crippen LogP contribution in [0.25, 0.3) is 33.1 Å². The number of rotatable bonds is 4. The van der Waals surface area contributed by atoms with E-state index in [1.807, 2.05) is 49.1 Å². The summed E-state index contributed by atoms with van der Waals surface area (Å²) in [6.07, 6.45) is 6.80. The molecule has 5 rings (SSSR count). The Hall–Kier alpha value is -3.30. The first-order valence-electron chi connectivity index (χ1n) is 9.49. The number of pyridine rings is 1. The lowest BCUT2D eigenvalue weighted by atomic mass is 10.0. The van der Waals surface area contributed by atoms with Crippen LogP contribution in [0.15, 0.2) is 54.1 Å². The summed E-state index contributed by atoms with van der Waals surface area (Å²) < 4.78 is 29.6. The van der Waals surface area contributed by atoms with Crippen molar-refractivity contribution in [1.82, 2.24) is 24.7 Å². The number of sulfonamides is 1. The van der Waals surface area contributed by atoms with Gasteiger partial charge < -0.3 is 9.55 Å². The van der Waals surface area contributed by atoms with Crippen LogP contribution in [0, 0.1) is 6.92 Å². The number of anilines is 1. The minimum Gasteiger partial charge on any atom is -0.349 e. The number of aromatic amines is 2. The Labute approximate surface area is 183 Å². The molecule has 0 unspecified atom stereocenters. The molecule has 8 nitrogen and oxygen atoms in total. The van der Waals surface area contributed by atoms with E-state index < -0.39 is 10.0 Å². The maximum atomic E-state index is 13.2. The van der Waals surface area contributed by atoms with Crippen LogP contribution in [0.1, 0.15) is 5.56 Å². The van der Waals surface area contributed by atoms with Gasteiger partial charge in [0.2, 0.25) is 0 Å². The number of aryl methyl sites for hydroxylation is 2. The zero-order valence-corrected chi connectivity index (χ0v) is 18.6. The second-order valence-corrected chi connectivity index (χ2v) is 9.77. The number of nitrogens with one attached hydrogen (secondary N) is 2. The Bertz CT molecular complexity index is 1550. The van der Waals surface area contributed by atoms with Crippen LogP contribution in [0.3, 0.4) is 0 Å². The quantitative estimate of drug-likeness (QED) is 0.424. The Morgan fingerprint density at radius 1 is 1.23 bits per heavy atom. The maximum absolute atomic E-state index is 13.2. The highest BCUT2D eigenvalue weighted by molar-refractivity contribution is 7.92. The van der Waals surface area contributed by atoms with Crippen molar-refractivity contribution in [2.75, 3.05) is 11.4 Å². The van der Waals surface area contributed by atoms with Gasteiger partial charge in [-0.3, -0.25) is 9.40 Å². The predicted molar refractivity (Wildman–Crippen MR) is 122 cm³/mol. The molecule has 0 atom stereocenters. The van der Waals surface area contributed by atoms with Crippen LogP contribution in [-0.4, -0.2) is 40.2 Å². The summed E-state index contributed by atoms with van der Waals surface area (Å²) in [5.41, 5.74) is 4.66. The van der Waals surface area contributed by atoms with Gasteiger partial charge in [-0.1, -0.05) is 23.7 Å². The van der Waals surface area contributed by atoms with Crippen molar-refractivity contribution in [3.63, 3.8) is 0 Å². The van der Waals surface area contributed by atoms with Gasteiger partial charge >= 0.3 is 0 Å². The number of halogens is 1. The molecule has 0 saturated carbocycles. The van der Waals surface area contributed by atoms with Crippen molar-refractivity contribution in [2.45, 2.75) is 11.9 Å². The van der Waals surface area contributed by atoms with Gasteiger partial charge in [0.25, 0.3) is 10.0 Å². The van der Waals surface area contributed by atoms with Crippen LogP contribution in [0.4, 0.5) is 5.69 Å². The SMILES string of the molecule is Cc1cnc2[nH]cc(-c3ccc4c(Cl)cn(C)c4c3)c2c1N(C)S(=O)(=O)c1ccn[nH]1. The third-order valence-electron chi connectivity index (χ3n) is 5.54.